The summed E-state index contributed by atoms with van der Waals surface area (Å²) in [6.45, 7) is 4.97. The molecular formula is C23H28N4O. The fourth-order valence-corrected chi connectivity index (χ4v) is 3.17. The van der Waals surface area contributed by atoms with E-state index in [2.05, 4.69) is 41.0 Å². The second-order valence-electron chi connectivity index (χ2n) is 7.10. The van der Waals surface area contributed by atoms with Gasteiger partial charge in [0.1, 0.15) is 0 Å². The Balaban J connectivity index is 1.39. The van der Waals surface area contributed by atoms with Crippen molar-refractivity contribution in [1.82, 2.24) is 15.1 Å². The summed E-state index contributed by atoms with van der Waals surface area (Å²) >= 11 is 0. The zero-order valence-electron chi connectivity index (χ0n) is 16.6. The Morgan fingerprint density at radius 1 is 1.07 bits per heavy atom. The first-order chi connectivity index (χ1) is 13.6. The van der Waals surface area contributed by atoms with E-state index in [1.165, 1.54) is 5.56 Å². The number of aryl methyl sites for hydroxylation is 2. The summed E-state index contributed by atoms with van der Waals surface area (Å²) in [7, 11) is 0. The van der Waals surface area contributed by atoms with Gasteiger partial charge in [0.15, 0.2) is 0 Å². The van der Waals surface area contributed by atoms with E-state index >= 15 is 0 Å². The van der Waals surface area contributed by atoms with Crippen molar-refractivity contribution in [2.24, 2.45) is 0 Å². The second-order valence-corrected chi connectivity index (χ2v) is 7.10. The summed E-state index contributed by atoms with van der Waals surface area (Å²) < 4.78 is 1.94. The number of nitrogens with one attached hydrogen (secondary N) is 2. The molecule has 3 rings (SSSR count). The van der Waals surface area contributed by atoms with Crippen LogP contribution in [0.4, 0.5) is 5.69 Å². The third-order valence-electron chi connectivity index (χ3n) is 4.69. The Bertz CT molecular complexity index is 874. The zero-order chi connectivity index (χ0) is 19.8. The largest absolute Gasteiger partial charge is 0.326 e. The van der Waals surface area contributed by atoms with Crippen LogP contribution in [0.25, 0.3) is 5.69 Å². The van der Waals surface area contributed by atoms with Crippen LogP contribution >= 0.6 is 0 Å². The molecule has 1 atom stereocenters. The number of amides is 1. The summed E-state index contributed by atoms with van der Waals surface area (Å²) in [5, 5.41) is 11.0. The van der Waals surface area contributed by atoms with E-state index in [-0.39, 0.29) is 11.9 Å². The van der Waals surface area contributed by atoms with E-state index in [1.807, 2.05) is 60.1 Å². The lowest BCUT2D eigenvalue weighted by Gasteiger charge is -2.13. The quantitative estimate of drug-likeness (QED) is 0.552. The summed E-state index contributed by atoms with van der Waals surface area (Å²) in [6.07, 6.45) is 4.54. The Kier molecular flexibility index (Phi) is 6.98. The molecule has 5 heteroatoms. The highest BCUT2D eigenvalue weighted by Gasteiger charge is 2.10. The first kappa shape index (κ1) is 19.8. The molecule has 0 aliphatic heterocycles. The van der Waals surface area contributed by atoms with Gasteiger partial charge in [0.2, 0.25) is 5.91 Å². The number of carbonyl (C=O) groups excluding carboxylic acids is 1. The highest BCUT2D eigenvalue weighted by Crippen LogP contribution is 2.13. The van der Waals surface area contributed by atoms with E-state index in [9.17, 15) is 4.79 Å². The topological polar surface area (TPSA) is 59.0 Å². The van der Waals surface area contributed by atoms with Crippen LogP contribution < -0.4 is 10.6 Å². The molecule has 0 bridgehead atoms. The molecule has 0 aliphatic carbocycles. The summed E-state index contributed by atoms with van der Waals surface area (Å²) in [5.41, 5.74) is 4.25. The van der Waals surface area contributed by atoms with E-state index in [1.54, 1.807) is 0 Å². The summed E-state index contributed by atoms with van der Waals surface area (Å²) in [4.78, 5) is 12.1. The van der Waals surface area contributed by atoms with Gasteiger partial charge in [-0.25, -0.2) is 4.68 Å². The van der Waals surface area contributed by atoms with E-state index < -0.39 is 0 Å². The number of para-hydroxylation sites is 2. The number of anilines is 1. The van der Waals surface area contributed by atoms with E-state index in [0.717, 1.165) is 36.5 Å². The van der Waals surface area contributed by atoms with E-state index in [4.69, 9.17) is 0 Å². The van der Waals surface area contributed by atoms with Crippen molar-refractivity contribution in [2.75, 3.05) is 11.9 Å². The fourth-order valence-electron chi connectivity index (χ4n) is 3.17. The maximum atomic E-state index is 12.1. The van der Waals surface area contributed by atoms with Gasteiger partial charge >= 0.3 is 0 Å². The van der Waals surface area contributed by atoms with Crippen LogP contribution in [0.1, 0.15) is 31.0 Å². The standard InChI is InChI=1S/C23H28N4O/c1-18(16-23(28)25-21-11-5-3-6-12-21)24-15-9-10-20-17-27(26-19(20)2)22-13-7-4-8-14-22/h3-8,11-14,17-18,24H,9-10,15-16H2,1-2H3,(H,25,28). The molecule has 146 valence electrons. The van der Waals surface area contributed by atoms with Crippen molar-refractivity contribution >= 4 is 11.6 Å². The van der Waals surface area contributed by atoms with Crippen LogP contribution in [0.3, 0.4) is 0 Å². The number of hydrogen-bond donors (Lipinski definition) is 2. The normalized spacial score (nSPS) is 11.9. The lowest BCUT2D eigenvalue weighted by atomic mass is 10.1. The SMILES string of the molecule is Cc1nn(-c2ccccc2)cc1CCCNC(C)CC(=O)Nc1ccccc1. The van der Waals surface area contributed by atoms with Gasteiger partial charge in [-0.2, -0.15) is 5.10 Å². The van der Waals surface area contributed by atoms with Crippen molar-refractivity contribution in [2.45, 2.75) is 39.2 Å². The third-order valence-corrected chi connectivity index (χ3v) is 4.69. The number of carbonyl (C=O) groups is 1. The smallest absolute Gasteiger partial charge is 0.225 e. The van der Waals surface area contributed by atoms with Gasteiger partial charge in [-0.15, -0.1) is 0 Å². The molecule has 28 heavy (non-hydrogen) atoms. The predicted molar refractivity (Wildman–Crippen MR) is 114 cm³/mol. The molecule has 0 aliphatic rings. The second kappa shape index (κ2) is 9.85. The molecule has 1 unspecified atom stereocenters. The monoisotopic (exact) mass is 376 g/mol. The molecule has 1 heterocycles. The molecule has 2 aromatic carbocycles. The minimum atomic E-state index is 0.0335. The minimum absolute atomic E-state index is 0.0335. The highest BCUT2D eigenvalue weighted by atomic mass is 16.1. The van der Waals surface area contributed by atoms with Gasteiger partial charge in [0.05, 0.1) is 11.4 Å². The van der Waals surface area contributed by atoms with Gasteiger partial charge in [0.25, 0.3) is 0 Å². The van der Waals surface area contributed by atoms with Crippen LogP contribution in [0.2, 0.25) is 0 Å². The number of nitrogens with zero attached hydrogens (tertiary/aromatic N) is 2. The Hall–Kier alpha value is -2.92. The fraction of sp³-hybridized carbons (Fsp3) is 0.304. The molecular weight excluding hydrogens is 348 g/mol. The van der Waals surface area contributed by atoms with Crippen LogP contribution in [0, 0.1) is 6.92 Å². The molecule has 0 fully saturated rings. The average molecular weight is 377 g/mol. The minimum Gasteiger partial charge on any atom is -0.326 e. The molecule has 1 aromatic heterocycles. The Morgan fingerprint density at radius 2 is 1.75 bits per heavy atom. The lowest BCUT2D eigenvalue weighted by Crippen LogP contribution is -2.31. The molecule has 2 N–H and O–H groups in total. The number of benzene rings is 2. The van der Waals surface area contributed by atoms with Gasteiger partial charge in [-0.05, 0) is 63.1 Å². The summed E-state index contributed by atoms with van der Waals surface area (Å²) in [5.74, 6) is 0.0335. The Morgan fingerprint density at radius 3 is 2.46 bits per heavy atom. The molecule has 0 saturated heterocycles. The third kappa shape index (κ3) is 5.79. The van der Waals surface area contributed by atoms with Gasteiger partial charge in [0, 0.05) is 24.3 Å². The van der Waals surface area contributed by atoms with Crippen LogP contribution in [0.15, 0.2) is 66.9 Å². The van der Waals surface area contributed by atoms with Crippen molar-refractivity contribution in [3.05, 3.63) is 78.1 Å². The molecule has 0 radical (unpaired) electrons. The van der Waals surface area contributed by atoms with Crippen LogP contribution in [-0.2, 0) is 11.2 Å². The number of hydrogen-bond acceptors (Lipinski definition) is 3. The van der Waals surface area contributed by atoms with Crippen molar-refractivity contribution in [3.63, 3.8) is 0 Å². The predicted octanol–water partition coefficient (Wildman–Crippen LogP) is 4.12. The number of rotatable bonds is 9. The molecule has 0 spiro atoms. The zero-order valence-corrected chi connectivity index (χ0v) is 16.6. The van der Waals surface area contributed by atoms with Crippen molar-refractivity contribution in [3.8, 4) is 5.69 Å². The molecule has 0 saturated carbocycles. The van der Waals surface area contributed by atoms with Crippen LogP contribution in [0.5, 0.6) is 0 Å². The van der Waals surface area contributed by atoms with Crippen molar-refractivity contribution < 1.29 is 4.79 Å². The maximum Gasteiger partial charge on any atom is 0.225 e. The highest BCUT2D eigenvalue weighted by molar-refractivity contribution is 5.90. The molecule has 5 nitrogen and oxygen atoms in total. The van der Waals surface area contributed by atoms with Gasteiger partial charge in [-0.3, -0.25) is 4.79 Å². The maximum absolute atomic E-state index is 12.1. The average Bonchev–Trinajstić information content (AvgIpc) is 3.07. The first-order valence-corrected chi connectivity index (χ1v) is 9.80. The van der Waals surface area contributed by atoms with Crippen molar-refractivity contribution in [1.29, 1.82) is 0 Å². The molecule has 1 amide bonds. The first-order valence-electron chi connectivity index (χ1n) is 9.80. The number of aromatic nitrogens is 2. The lowest BCUT2D eigenvalue weighted by molar-refractivity contribution is -0.116. The van der Waals surface area contributed by atoms with Gasteiger partial charge in [-0.1, -0.05) is 36.4 Å². The van der Waals surface area contributed by atoms with E-state index in [0.29, 0.717) is 6.42 Å². The molecule has 3 aromatic rings. The van der Waals surface area contributed by atoms with Gasteiger partial charge < -0.3 is 10.6 Å². The summed E-state index contributed by atoms with van der Waals surface area (Å²) in [6, 6.07) is 19.9. The van der Waals surface area contributed by atoms with Crippen LogP contribution in [-0.4, -0.2) is 28.3 Å². The Labute approximate surface area is 166 Å².